The lowest BCUT2D eigenvalue weighted by Crippen LogP contribution is -2.90. The number of nitrogens with two attached hydrogens (primary N) is 1. The molecule has 0 fully saturated rings. The predicted molar refractivity (Wildman–Crippen MR) is 58.1 cm³/mol. The third kappa shape index (κ3) is 10.5. The number of rotatable bonds is 5. The van der Waals surface area contributed by atoms with Crippen molar-refractivity contribution in [3.05, 3.63) is 15.0 Å². The average molecular weight is 235 g/mol. The molecule has 0 heterocycles. The van der Waals surface area contributed by atoms with Gasteiger partial charge in [0, 0.05) is 6.54 Å². The van der Waals surface area contributed by atoms with E-state index in [0.29, 0.717) is 19.6 Å². The molecule has 0 saturated carbocycles. The predicted octanol–water partition coefficient (Wildman–Crippen LogP) is -0.515. The maximum Gasteiger partial charge on any atom is 0.438 e. The van der Waals surface area contributed by atoms with Crippen molar-refractivity contribution < 1.29 is 10.1 Å². The Morgan fingerprint density at radius 1 is 1.31 bits per heavy atom. The van der Waals surface area contributed by atoms with Crippen LogP contribution in [0.1, 0.15) is 6.92 Å². The van der Waals surface area contributed by atoms with Gasteiger partial charge in [-0.25, -0.2) is 4.79 Å². The minimum atomic E-state index is -0.320. The van der Waals surface area contributed by atoms with E-state index in [2.05, 4.69) is 5.29 Å². The van der Waals surface area contributed by atoms with Gasteiger partial charge in [0.2, 0.25) is 0 Å². The molecule has 0 aliphatic carbocycles. The molecule has 0 aliphatic heterocycles. The van der Waals surface area contributed by atoms with Crippen molar-refractivity contribution in [1.82, 2.24) is 9.91 Å². The Labute approximate surface area is 93.3 Å². The molecule has 0 saturated heterocycles. The van der Waals surface area contributed by atoms with Gasteiger partial charge >= 0.3 is 6.03 Å². The Kier molecular flexibility index (Phi) is 12.0. The Morgan fingerprint density at radius 3 is 2.12 bits per heavy atom. The van der Waals surface area contributed by atoms with Crippen molar-refractivity contribution in [2.45, 2.75) is 6.92 Å². The number of hydrogen-bond acceptors (Lipinski definition) is 7. The van der Waals surface area contributed by atoms with Crippen LogP contribution in [0.25, 0.3) is 0 Å². The molecule has 0 atom stereocenters. The van der Waals surface area contributed by atoms with Crippen LogP contribution in [0.3, 0.4) is 0 Å². The number of nitrogens with zero attached hydrogens (tertiary/aromatic N) is 4. The minimum absolute atomic E-state index is 0.320. The molecule has 0 rings (SSSR count). The third-order valence-electron chi connectivity index (χ3n) is 1.49. The number of carbonyl (C=O) groups is 1. The summed E-state index contributed by atoms with van der Waals surface area (Å²) in [6.45, 7) is 3.43. The Hall–Kier alpha value is -1.61. The molecule has 0 aromatic carbocycles. The first-order valence-corrected chi connectivity index (χ1v) is 4.61. The summed E-state index contributed by atoms with van der Waals surface area (Å²) in [6.07, 6.45) is 0. The fourth-order valence-corrected chi connectivity index (χ4v) is 0.766. The Balaban J connectivity index is 0. The fourth-order valence-electron chi connectivity index (χ4n) is 0.766. The first-order chi connectivity index (χ1) is 7.53. The van der Waals surface area contributed by atoms with Crippen LogP contribution in [-0.4, -0.2) is 49.7 Å². The lowest BCUT2D eigenvalue weighted by atomic mass is 10.5. The van der Waals surface area contributed by atoms with Gasteiger partial charge in [-0.1, -0.05) is 0 Å². The molecule has 0 unspecified atom stereocenters. The minimum Gasteiger partial charge on any atom is -0.444 e. The second kappa shape index (κ2) is 11.5. The molecule has 9 nitrogen and oxygen atoms in total. The van der Waals surface area contributed by atoms with Crippen LogP contribution in [0.5, 0.6) is 0 Å². The molecule has 2 N–H and O–H groups in total. The monoisotopic (exact) mass is 235 g/mol. The zero-order chi connectivity index (χ0) is 13.0. The molecular weight excluding hydrogens is 218 g/mol. The second-order valence-corrected chi connectivity index (χ2v) is 3.03. The molecule has 0 aromatic rings. The van der Waals surface area contributed by atoms with Gasteiger partial charge in [0.15, 0.2) is 0 Å². The van der Waals surface area contributed by atoms with Gasteiger partial charge < -0.3 is 15.0 Å². The highest BCUT2D eigenvalue weighted by atomic mass is 16.6. The quantitative estimate of drug-likeness (QED) is 0.507. The molecule has 0 radical (unpaired) electrons. The highest BCUT2D eigenvalue weighted by Crippen LogP contribution is 1.87. The van der Waals surface area contributed by atoms with Crippen molar-refractivity contribution in [2.75, 3.05) is 33.7 Å². The lowest BCUT2D eigenvalue weighted by molar-refractivity contribution is -0.559. The Bertz CT molecular complexity index is 211. The van der Waals surface area contributed by atoms with Crippen molar-refractivity contribution >= 4 is 6.03 Å². The number of amides is 2. The van der Waals surface area contributed by atoms with E-state index in [1.165, 1.54) is 5.32 Å². The number of urea groups is 1. The summed E-state index contributed by atoms with van der Waals surface area (Å²) in [7, 11) is 3.74. The standard InChI is InChI=1S/C7H16N4O2.HNO2/c1-4-8-7(12)11(9-13)6-5-10(2)3;2-1-3/h4-6H2,1-3H3,(H,8,12);(H,2,3). The summed E-state index contributed by atoms with van der Waals surface area (Å²) in [6, 6.07) is -0.320. The molecular formula is C7H17N5O4. The van der Waals surface area contributed by atoms with E-state index in [9.17, 15) is 9.70 Å². The van der Waals surface area contributed by atoms with Crippen LogP contribution in [-0.2, 0) is 0 Å². The number of likely N-dealkylation sites (N-methyl/N-ethyl adjacent to an activating group) is 1. The number of nitroso groups, excluding NO2 is 1. The summed E-state index contributed by atoms with van der Waals surface area (Å²) < 4.78 is 0. The van der Waals surface area contributed by atoms with E-state index in [4.69, 9.17) is 10.1 Å². The molecule has 0 aliphatic rings. The highest BCUT2D eigenvalue weighted by Gasteiger charge is 2.16. The zero-order valence-corrected chi connectivity index (χ0v) is 9.62. The topological polar surface area (TPSA) is 122 Å². The summed E-state index contributed by atoms with van der Waals surface area (Å²) in [5.74, 6) is 0. The first-order valence-electron chi connectivity index (χ1n) is 4.61. The molecule has 2 amide bonds. The SMILES string of the molecule is CC[NH2+]C(=O)N(CCN(C)C)N=O.O=N[O-]. The largest absolute Gasteiger partial charge is 0.444 e. The van der Waals surface area contributed by atoms with Crippen LogP contribution in [0, 0.1) is 15.0 Å². The highest BCUT2D eigenvalue weighted by molar-refractivity contribution is 5.62. The summed E-state index contributed by atoms with van der Waals surface area (Å²) >= 11 is 0. The van der Waals surface area contributed by atoms with Crippen LogP contribution in [0.2, 0.25) is 0 Å². The van der Waals surface area contributed by atoms with Crippen LogP contribution < -0.4 is 5.32 Å². The maximum absolute atomic E-state index is 11.1. The van der Waals surface area contributed by atoms with Gasteiger partial charge in [0.25, 0.3) is 0 Å². The first kappa shape index (κ1) is 16.8. The average Bonchev–Trinajstić information content (AvgIpc) is 2.19. The molecule has 9 heteroatoms. The fraction of sp³-hybridized carbons (Fsp3) is 0.857. The molecule has 0 aromatic heterocycles. The number of quaternary nitrogens is 1. The van der Waals surface area contributed by atoms with Gasteiger partial charge in [0.1, 0.15) is 0 Å². The third-order valence-corrected chi connectivity index (χ3v) is 1.49. The van der Waals surface area contributed by atoms with Gasteiger partial charge in [-0.2, -0.15) is 0 Å². The van der Waals surface area contributed by atoms with E-state index in [1.807, 2.05) is 25.9 Å². The normalized spacial score (nSPS) is 9.00. The summed E-state index contributed by atoms with van der Waals surface area (Å²) in [5.41, 5.74) is 0. The maximum atomic E-state index is 11.1. The molecule has 0 bridgehead atoms. The number of hydrogen-bond donors (Lipinski definition) is 1. The summed E-state index contributed by atoms with van der Waals surface area (Å²) in [5, 5.41) is 14.0. The van der Waals surface area contributed by atoms with Crippen molar-refractivity contribution in [2.24, 2.45) is 10.6 Å². The summed E-state index contributed by atoms with van der Waals surface area (Å²) in [4.78, 5) is 31.3. The van der Waals surface area contributed by atoms with Crippen LogP contribution in [0.4, 0.5) is 4.79 Å². The molecule has 0 spiro atoms. The van der Waals surface area contributed by atoms with Crippen molar-refractivity contribution in [3.8, 4) is 0 Å². The van der Waals surface area contributed by atoms with E-state index in [-0.39, 0.29) is 6.03 Å². The zero-order valence-electron chi connectivity index (χ0n) is 9.62. The van der Waals surface area contributed by atoms with Crippen LogP contribution in [0.15, 0.2) is 10.6 Å². The van der Waals surface area contributed by atoms with E-state index < -0.39 is 0 Å². The van der Waals surface area contributed by atoms with Gasteiger partial charge in [0.05, 0.1) is 18.4 Å². The smallest absolute Gasteiger partial charge is 0.438 e. The van der Waals surface area contributed by atoms with Crippen molar-refractivity contribution in [1.29, 1.82) is 0 Å². The molecule has 16 heavy (non-hydrogen) atoms. The van der Waals surface area contributed by atoms with E-state index in [1.54, 1.807) is 0 Å². The van der Waals surface area contributed by atoms with Crippen LogP contribution >= 0.6 is 0 Å². The number of carbonyl (C=O) groups excluding carboxylic acids is 1. The lowest BCUT2D eigenvalue weighted by Gasteiger charge is -2.13. The van der Waals surface area contributed by atoms with Gasteiger partial charge in [-0.05, 0) is 21.0 Å². The van der Waals surface area contributed by atoms with Crippen molar-refractivity contribution in [3.63, 3.8) is 0 Å². The second-order valence-electron chi connectivity index (χ2n) is 3.03. The van der Waals surface area contributed by atoms with Gasteiger partial charge in [-0.15, -0.1) is 15.3 Å². The molecule has 94 valence electrons. The Morgan fingerprint density at radius 2 is 1.81 bits per heavy atom. The van der Waals surface area contributed by atoms with E-state index >= 15 is 0 Å². The number of primary amides is 1. The van der Waals surface area contributed by atoms with Gasteiger partial charge in [-0.3, -0.25) is 5.32 Å². The van der Waals surface area contributed by atoms with E-state index in [0.717, 1.165) is 10.3 Å².